The zero-order valence-electron chi connectivity index (χ0n) is 34.9. The van der Waals surface area contributed by atoms with Gasteiger partial charge < -0.3 is 9.80 Å². The Bertz CT molecular complexity index is 3520. The number of anilines is 6. The molecule has 1 atom stereocenters. The third-order valence-electron chi connectivity index (χ3n) is 13.4. The average Bonchev–Trinajstić information content (AvgIpc) is 4.00. The molecule has 13 rings (SSSR count). The van der Waals surface area contributed by atoms with Gasteiger partial charge in [-0.05, 0) is 122 Å². The maximum absolute atomic E-state index is 2.55. The highest BCUT2D eigenvalue weighted by Crippen LogP contribution is 2.65. The lowest BCUT2D eigenvalue weighted by atomic mass is 9.70. The first kappa shape index (κ1) is 36.7. The molecule has 64 heavy (non-hydrogen) atoms. The molecule has 11 aromatic rings. The SMILES string of the molecule is c1ccc(-c2ccc3c(c2)C2(c4ccccc4-3)c3ccccc3-c3cc(N(c4ccccc4)c4cccc5c4sc4ccccc45)c(N(c4ccccc4)c4ccccc4)cc32)cc1. The molecule has 0 N–H and O–H groups in total. The second kappa shape index (κ2) is 14.6. The van der Waals surface area contributed by atoms with Crippen LogP contribution in [-0.4, -0.2) is 0 Å². The van der Waals surface area contributed by atoms with Gasteiger partial charge in [-0.15, -0.1) is 11.3 Å². The third kappa shape index (κ3) is 5.38. The quantitative estimate of drug-likeness (QED) is 0.158. The van der Waals surface area contributed by atoms with E-state index in [1.165, 1.54) is 75.8 Å². The van der Waals surface area contributed by atoms with Crippen molar-refractivity contribution in [2.75, 3.05) is 9.80 Å². The lowest BCUT2D eigenvalue weighted by Crippen LogP contribution is -2.26. The third-order valence-corrected chi connectivity index (χ3v) is 14.7. The highest BCUT2D eigenvalue weighted by molar-refractivity contribution is 7.26. The van der Waals surface area contributed by atoms with Gasteiger partial charge in [-0.1, -0.05) is 176 Å². The van der Waals surface area contributed by atoms with E-state index in [4.69, 9.17) is 0 Å². The van der Waals surface area contributed by atoms with Crippen molar-refractivity contribution >= 4 is 65.6 Å². The first-order chi connectivity index (χ1) is 31.8. The second-order valence-corrected chi connectivity index (χ2v) is 17.8. The van der Waals surface area contributed by atoms with Crippen LogP contribution in [0.15, 0.2) is 243 Å². The fourth-order valence-corrected chi connectivity index (χ4v) is 12.0. The molecule has 2 aliphatic carbocycles. The Labute approximate surface area is 377 Å². The van der Waals surface area contributed by atoms with Crippen molar-refractivity contribution in [3.63, 3.8) is 0 Å². The number of hydrogen-bond acceptors (Lipinski definition) is 3. The van der Waals surface area contributed by atoms with Crippen molar-refractivity contribution in [2.45, 2.75) is 5.41 Å². The Morgan fingerprint density at radius 2 is 0.797 bits per heavy atom. The van der Waals surface area contributed by atoms with Crippen LogP contribution in [0.1, 0.15) is 22.3 Å². The molecule has 3 heteroatoms. The Morgan fingerprint density at radius 3 is 1.47 bits per heavy atom. The molecular formula is C61H40N2S. The predicted octanol–water partition coefficient (Wildman–Crippen LogP) is 17.0. The van der Waals surface area contributed by atoms with Crippen LogP contribution in [0.3, 0.4) is 0 Å². The monoisotopic (exact) mass is 832 g/mol. The van der Waals surface area contributed by atoms with Crippen molar-refractivity contribution in [2.24, 2.45) is 0 Å². The molecule has 1 unspecified atom stereocenters. The topological polar surface area (TPSA) is 6.48 Å². The van der Waals surface area contributed by atoms with Crippen LogP contribution in [0, 0.1) is 0 Å². The largest absolute Gasteiger partial charge is 0.308 e. The number of para-hydroxylation sites is 3. The fraction of sp³-hybridized carbons (Fsp3) is 0.0164. The molecule has 0 amide bonds. The Balaban J connectivity index is 1.18. The van der Waals surface area contributed by atoms with E-state index in [0.717, 1.165) is 34.1 Å². The summed E-state index contributed by atoms with van der Waals surface area (Å²) in [6.07, 6.45) is 0. The summed E-state index contributed by atoms with van der Waals surface area (Å²) in [5.41, 5.74) is 18.8. The summed E-state index contributed by atoms with van der Waals surface area (Å²) in [6, 6.07) is 89.7. The molecule has 0 bridgehead atoms. The Morgan fingerprint density at radius 1 is 0.297 bits per heavy atom. The summed E-state index contributed by atoms with van der Waals surface area (Å²) < 4.78 is 2.54. The number of fused-ring (bicyclic) bond motifs is 13. The first-order valence-electron chi connectivity index (χ1n) is 22.0. The van der Waals surface area contributed by atoms with E-state index >= 15 is 0 Å². The van der Waals surface area contributed by atoms with E-state index < -0.39 is 5.41 Å². The highest BCUT2D eigenvalue weighted by Gasteiger charge is 2.52. The number of thiophene rings is 1. The Hall–Kier alpha value is -7.98. The average molecular weight is 833 g/mol. The fourth-order valence-electron chi connectivity index (χ4n) is 10.8. The molecule has 1 aromatic heterocycles. The van der Waals surface area contributed by atoms with Crippen LogP contribution in [0.25, 0.3) is 53.6 Å². The van der Waals surface area contributed by atoms with Gasteiger partial charge in [0.15, 0.2) is 0 Å². The Kier molecular flexibility index (Phi) is 8.34. The van der Waals surface area contributed by atoms with E-state index in [-0.39, 0.29) is 0 Å². The summed E-state index contributed by atoms with van der Waals surface area (Å²) in [6.45, 7) is 0. The van der Waals surface area contributed by atoms with Gasteiger partial charge in [-0.25, -0.2) is 0 Å². The second-order valence-electron chi connectivity index (χ2n) is 16.8. The van der Waals surface area contributed by atoms with Crippen LogP contribution >= 0.6 is 11.3 Å². The van der Waals surface area contributed by atoms with Gasteiger partial charge in [0.05, 0.1) is 27.2 Å². The van der Waals surface area contributed by atoms with Crippen molar-refractivity contribution < 1.29 is 0 Å². The van der Waals surface area contributed by atoms with E-state index in [2.05, 4.69) is 252 Å². The molecule has 0 aliphatic heterocycles. The van der Waals surface area contributed by atoms with Gasteiger partial charge >= 0.3 is 0 Å². The molecule has 2 nitrogen and oxygen atoms in total. The summed E-state index contributed by atoms with van der Waals surface area (Å²) in [5, 5.41) is 2.55. The molecule has 0 fully saturated rings. The normalized spacial score (nSPS) is 14.3. The highest BCUT2D eigenvalue weighted by atomic mass is 32.1. The van der Waals surface area contributed by atoms with E-state index in [9.17, 15) is 0 Å². The van der Waals surface area contributed by atoms with Crippen LogP contribution < -0.4 is 9.80 Å². The standard InChI is InChI=1S/C61H40N2S/c1-5-20-41(21-6-1)42-36-37-48-46-28-13-16-32-52(46)61(54(48)38-42)53-33-17-14-29-47(53)51-39-57(58(40-55(51)61)62(43-22-7-2-8-23-43)44-24-9-3-10-25-44)63(45-26-11-4-12-27-45)56-34-19-31-50-49-30-15-18-35-59(49)64-60(50)56/h1-40H. The molecule has 2 aliphatic rings. The lowest BCUT2D eigenvalue weighted by molar-refractivity contribution is 0.794. The molecule has 0 saturated carbocycles. The first-order valence-corrected chi connectivity index (χ1v) is 22.8. The van der Waals surface area contributed by atoms with Gasteiger partial charge in [-0.3, -0.25) is 0 Å². The number of benzene rings is 10. The van der Waals surface area contributed by atoms with Gasteiger partial charge in [0.25, 0.3) is 0 Å². The number of hydrogen-bond donors (Lipinski definition) is 0. The minimum absolute atomic E-state index is 0.571. The van der Waals surface area contributed by atoms with Crippen LogP contribution in [0.2, 0.25) is 0 Å². The van der Waals surface area contributed by atoms with Gasteiger partial charge in [-0.2, -0.15) is 0 Å². The zero-order valence-corrected chi connectivity index (χ0v) is 35.7. The zero-order chi connectivity index (χ0) is 42.2. The summed E-state index contributed by atoms with van der Waals surface area (Å²) in [4.78, 5) is 4.99. The van der Waals surface area contributed by atoms with E-state index in [1.807, 2.05) is 11.3 Å². The minimum atomic E-state index is -0.571. The van der Waals surface area contributed by atoms with Crippen LogP contribution in [0.5, 0.6) is 0 Å². The molecule has 300 valence electrons. The van der Waals surface area contributed by atoms with Crippen LogP contribution in [0.4, 0.5) is 34.1 Å². The minimum Gasteiger partial charge on any atom is -0.308 e. The van der Waals surface area contributed by atoms with Gasteiger partial charge in [0.1, 0.15) is 0 Å². The van der Waals surface area contributed by atoms with Crippen molar-refractivity contribution in [3.05, 3.63) is 265 Å². The predicted molar refractivity (Wildman–Crippen MR) is 270 cm³/mol. The van der Waals surface area contributed by atoms with Gasteiger partial charge in [0.2, 0.25) is 0 Å². The summed E-state index contributed by atoms with van der Waals surface area (Å²) >= 11 is 1.87. The molecule has 1 heterocycles. The molecule has 0 saturated heterocycles. The molecule has 10 aromatic carbocycles. The molecule has 0 radical (unpaired) electrons. The molecular weight excluding hydrogens is 793 g/mol. The van der Waals surface area contributed by atoms with Crippen molar-refractivity contribution in [3.8, 4) is 33.4 Å². The molecule has 1 spiro atoms. The summed E-state index contributed by atoms with van der Waals surface area (Å²) in [5.74, 6) is 0. The maximum Gasteiger partial charge on any atom is 0.0726 e. The number of nitrogens with zero attached hydrogens (tertiary/aromatic N) is 2. The maximum atomic E-state index is 2.55. The van der Waals surface area contributed by atoms with E-state index in [0.29, 0.717) is 0 Å². The lowest BCUT2D eigenvalue weighted by Gasteiger charge is -2.36. The number of rotatable bonds is 7. The summed E-state index contributed by atoms with van der Waals surface area (Å²) in [7, 11) is 0. The van der Waals surface area contributed by atoms with Crippen molar-refractivity contribution in [1.82, 2.24) is 0 Å². The van der Waals surface area contributed by atoms with Crippen LogP contribution in [-0.2, 0) is 5.41 Å². The van der Waals surface area contributed by atoms with Crippen molar-refractivity contribution in [1.29, 1.82) is 0 Å². The van der Waals surface area contributed by atoms with E-state index in [1.54, 1.807) is 0 Å². The van der Waals surface area contributed by atoms with Gasteiger partial charge in [0, 0.05) is 32.5 Å². The smallest absolute Gasteiger partial charge is 0.0726 e.